The van der Waals surface area contributed by atoms with E-state index in [9.17, 15) is 8.42 Å². The number of rotatable bonds is 7. The number of sulfonamides is 1. The standard InChI is InChI=1S/C15H24ClNO3S/c1-10(2)13(11(3)4)8-17-21(19,20)15-7-12(9-18)5-6-14(15)16/h5-7,10-11,13,17-18H,8-9H2,1-4H3. The molecule has 0 radical (unpaired) electrons. The van der Waals surface area contributed by atoms with Gasteiger partial charge in [-0.1, -0.05) is 45.4 Å². The Bertz CT molecular complexity index is 562. The lowest BCUT2D eigenvalue weighted by Crippen LogP contribution is -2.34. The minimum atomic E-state index is -3.68. The molecule has 0 atom stereocenters. The van der Waals surface area contributed by atoms with Crippen molar-refractivity contribution < 1.29 is 13.5 Å². The van der Waals surface area contributed by atoms with Crippen LogP contribution in [0.25, 0.3) is 0 Å². The third kappa shape index (κ3) is 4.95. The predicted octanol–water partition coefficient (Wildman–Crippen LogP) is 3.04. The summed E-state index contributed by atoms with van der Waals surface area (Å²) in [7, 11) is -3.68. The Morgan fingerprint density at radius 1 is 1.19 bits per heavy atom. The minimum absolute atomic E-state index is 0.0157. The second-order valence-electron chi connectivity index (χ2n) is 5.93. The number of aliphatic hydroxyl groups is 1. The van der Waals surface area contributed by atoms with E-state index < -0.39 is 10.0 Å². The van der Waals surface area contributed by atoms with Crippen LogP contribution >= 0.6 is 11.6 Å². The molecule has 0 aliphatic heterocycles. The summed E-state index contributed by atoms with van der Waals surface area (Å²) in [5, 5.41) is 9.28. The Morgan fingerprint density at radius 2 is 1.76 bits per heavy atom. The van der Waals surface area contributed by atoms with Crippen molar-refractivity contribution in [1.29, 1.82) is 0 Å². The van der Waals surface area contributed by atoms with Crippen LogP contribution in [-0.2, 0) is 16.6 Å². The van der Waals surface area contributed by atoms with Crippen molar-refractivity contribution in [2.24, 2.45) is 17.8 Å². The molecule has 0 amide bonds. The zero-order valence-electron chi connectivity index (χ0n) is 12.9. The van der Waals surface area contributed by atoms with Crippen LogP contribution in [0.4, 0.5) is 0 Å². The number of aliphatic hydroxyl groups excluding tert-OH is 1. The quantitative estimate of drug-likeness (QED) is 0.806. The lowest BCUT2D eigenvalue weighted by Gasteiger charge is -2.25. The van der Waals surface area contributed by atoms with Crippen LogP contribution < -0.4 is 4.72 Å². The molecule has 1 aromatic rings. The molecule has 21 heavy (non-hydrogen) atoms. The summed E-state index contributed by atoms with van der Waals surface area (Å²) < 4.78 is 27.4. The van der Waals surface area contributed by atoms with Crippen molar-refractivity contribution in [2.75, 3.05) is 6.54 Å². The van der Waals surface area contributed by atoms with Crippen molar-refractivity contribution in [1.82, 2.24) is 4.72 Å². The highest BCUT2D eigenvalue weighted by molar-refractivity contribution is 7.89. The van der Waals surface area contributed by atoms with Crippen LogP contribution in [0.15, 0.2) is 23.1 Å². The summed E-state index contributed by atoms with van der Waals surface area (Å²) in [6.45, 7) is 8.48. The largest absolute Gasteiger partial charge is 0.392 e. The van der Waals surface area contributed by atoms with Crippen molar-refractivity contribution >= 4 is 21.6 Å². The number of benzene rings is 1. The Morgan fingerprint density at radius 3 is 2.24 bits per heavy atom. The van der Waals surface area contributed by atoms with Gasteiger partial charge < -0.3 is 5.11 Å². The molecule has 1 aromatic carbocycles. The molecule has 1 rings (SSSR count). The maximum Gasteiger partial charge on any atom is 0.242 e. The van der Waals surface area contributed by atoms with E-state index >= 15 is 0 Å². The van der Waals surface area contributed by atoms with Gasteiger partial charge in [-0.2, -0.15) is 0 Å². The summed E-state index contributed by atoms with van der Waals surface area (Å²) in [5.41, 5.74) is 0.518. The van der Waals surface area contributed by atoms with E-state index in [0.717, 1.165) is 0 Å². The van der Waals surface area contributed by atoms with Crippen molar-refractivity contribution in [3.63, 3.8) is 0 Å². The van der Waals surface area contributed by atoms with Crippen LogP contribution in [-0.4, -0.2) is 20.1 Å². The fourth-order valence-corrected chi connectivity index (χ4v) is 4.00. The lowest BCUT2D eigenvalue weighted by molar-refractivity contribution is 0.281. The SMILES string of the molecule is CC(C)C(CNS(=O)(=O)c1cc(CO)ccc1Cl)C(C)C. The van der Waals surface area contributed by atoms with Crippen molar-refractivity contribution in [3.8, 4) is 0 Å². The fraction of sp³-hybridized carbons (Fsp3) is 0.600. The number of halogens is 1. The molecule has 0 heterocycles. The highest BCUT2D eigenvalue weighted by Gasteiger charge is 2.23. The molecule has 0 fully saturated rings. The summed E-state index contributed by atoms with van der Waals surface area (Å²) in [6, 6.07) is 4.50. The van der Waals surface area contributed by atoms with Crippen LogP contribution in [0.2, 0.25) is 5.02 Å². The number of hydrogen-bond donors (Lipinski definition) is 2. The Balaban J connectivity index is 2.96. The predicted molar refractivity (Wildman–Crippen MR) is 85.7 cm³/mol. The molecular weight excluding hydrogens is 310 g/mol. The summed E-state index contributed by atoms with van der Waals surface area (Å²) in [6.07, 6.45) is 0. The molecule has 0 spiro atoms. The van der Waals surface area contributed by atoms with E-state index in [0.29, 0.717) is 23.9 Å². The molecule has 4 nitrogen and oxygen atoms in total. The first-order valence-corrected chi connectivity index (χ1v) is 8.94. The molecule has 0 aliphatic carbocycles. The van der Waals surface area contributed by atoms with E-state index in [4.69, 9.17) is 16.7 Å². The van der Waals surface area contributed by atoms with Gasteiger partial charge in [0.15, 0.2) is 0 Å². The van der Waals surface area contributed by atoms with E-state index in [1.165, 1.54) is 12.1 Å². The normalized spacial score (nSPS) is 12.6. The maximum absolute atomic E-state index is 12.4. The van der Waals surface area contributed by atoms with Gasteiger partial charge in [0, 0.05) is 6.54 Å². The van der Waals surface area contributed by atoms with Gasteiger partial charge >= 0.3 is 0 Å². The first kappa shape index (κ1) is 18.4. The second kappa shape index (κ2) is 7.58. The van der Waals surface area contributed by atoms with Crippen LogP contribution in [0, 0.1) is 17.8 Å². The second-order valence-corrected chi connectivity index (χ2v) is 8.07. The lowest BCUT2D eigenvalue weighted by atomic mass is 9.86. The first-order valence-electron chi connectivity index (χ1n) is 7.08. The number of hydrogen-bond acceptors (Lipinski definition) is 3. The zero-order valence-corrected chi connectivity index (χ0v) is 14.5. The number of nitrogens with one attached hydrogen (secondary N) is 1. The van der Waals surface area contributed by atoms with Gasteiger partial charge in [0.05, 0.1) is 11.6 Å². The molecular formula is C15H24ClNO3S. The highest BCUT2D eigenvalue weighted by atomic mass is 35.5. The van der Waals surface area contributed by atoms with Gasteiger partial charge in [-0.15, -0.1) is 0 Å². The highest BCUT2D eigenvalue weighted by Crippen LogP contribution is 2.24. The molecule has 0 bridgehead atoms. The van der Waals surface area contributed by atoms with Crippen LogP contribution in [0.5, 0.6) is 0 Å². The fourth-order valence-electron chi connectivity index (χ4n) is 2.38. The van der Waals surface area contributed by atoms with Gasteiger partial charge in [0.1, 0.15) is 4.90 Å². The van der Waals surface area contributed by atoms with Gasteiger partial charge in [-0.3, -0.25) is 0 Å². The Labute approximate surface area is 132 Å². The van der Waals surface area contributed by atoms with Crippen LogP contribution in [0.1, 0.15) is 33.3 Å². The first-order chi connectivity index (χ1) is 9.69. The summed E-state index contributed by atoms with van der Waals surface area (Å²) in [5.74, 6) is 1.01. The smallest absolute Gasteiger partial charge is 0.242 e. The maximum atomic E-state index is 12.4. The van der Waals surface area contributed by atoms with Gasteiger partial charge in [0.2, 0.25) is 10.0 Å². The van der Waals surface area contributed by atoms with E-state index in [2.05, 4.69) is 32.4 Å². The van der Waals surface area contributed by atoms with Crippen molar-refractivity contribution in [2.45, 2.75) is 39.2 Å². The zero-order chi connectivity index (χ0) is 16.2. The monoisotopic (exact) mass is 333 g/mol. The summed E-state index contributed by atoms with van der Waals surface area (Å²) >= 11 is 5.98. The van der Waals surface area contributed by atoms with E-state index in [1.54, 1.807) is 6.07 Å². The molecule has 6 heteroatoms. The summed E-state index contributed by atoms with van der Waals surface area (Å²) in [4.78, 5) is 0.0157. The molecule has 0 saturated carbocycles. The topological polar surface area (TPSA) is 66.4 Å². The third-order valence-corrected chi connectivity index (χ3v) is 5.59. The van der Waals surface area contributed by atoms with Gasteiger partial charge in [0.25, 0.3) is 0 Å². The Kier molecular flexibility index (Phi) is 6.66. The molecule has 2 N–H and O–H groups in total. The average molecular weight is 334 g/mol. The Hall–Kier alpha value is -0.620. The van der Waals surface area contributed by atoms with Crippen molar-refractivity contribution in [3.05, 3.63) is 28.8 Å². The van der Waals surface area contributed by atoms with E-state index in [1.807, 2.05) is 0 Å². The average Bonchev–Trinajstić information content (AvgIpc) is 2.38. The molecule has 0 unspecified atom stereocenters. The van der Waals surface area contributed by atoms with Crippen LogP contribution in [0.3, 0.4) is 0 Å². The van der Waals surface area contributed by atoms with Gasteiger partial charge in [-0.25, -0.2) is 13.1 Å². The molecule has 0 aromatic heterocycles. The molecule has 0 saturated heterocycles. The molecule has 0 aliphatic rings. The minimum Gasteiger partial charge on any atom is -0.392 e. The van der Waals surface area contributed by atoms with E-state index in [-0.39, 0.29) is 22.4 Å². The molecule has 120 valence electrons. The van der Waals surface area contributed by atoms with Gasteiger partial charge in [-0.05, 0) is 35.4 Å². The third-order valence-electron chi connectivity index (χ3n) is 3.69.